The lowest BCUT2D eigenvalue weighted by Gasteiger charge is -2.30. The Labute approximate surface area is 120 Å². The van der Waals surface area contributed by atoms with Gasteiger partial charge in [-0.3, -0.25) is 4.79 Å². The van der Waals surface area contributed by atoms with Crippen LogP contribution >= 0.6 is 0 Å². The molecular weight excluding hydrogens is 252 g/mol. The molecule has 0 spiro atoms. The Morgan fingerprint density at radius 3 is 2.70 bits per heavy atom. The summed E-state index contributed by atoms with van der Waals surface area (Å²) in [5.74, 6) is 0.0147. The van der Waals surface area contributed by atoms with Crippen molar-refractivity contribution in [1.29, 1.82) is 0 Å². The molecule has 20 heavy (non-hydrogen) atoms. The first-order valence-corrected chi connectivity index (χ1v) is 7.37. The summed E-state index contributed by atoms with van der Waals surface area (Å²) in [5, 5.41) is 15.8. The lowest BCUT2D eigenvalue weighted by molar-refractivity contribution is -0.122. The van der Waals surface area contributed by atoms with Crippen molar-refractivity contribution in [3.63, 3.8) is 0 Å². The summed E-state index contributed by atoms with van der Waals surface area (Å²) in [5.41, 5.74) is 2.04. The molecule has 0 aromatic heterocycles. The molecule has 110 valence electrons. The van der Waals surface area contributed by atoms with Crippen molar-refractivity contribution < 1.29 is 9.90 Å². The molecule has 1 aliphatic rings. The number of aliphatic hydroxyl groups is 1. The first kappa shape index (κ1) is 14.9. The molecular formula is C16H24N2O2. The van der Waals surface area contributed by atoms with Crippen molar-refractivity contribution >= 4 is 11.6 Å². The Balaban J connectivity index is 1.91. The van der Waals surface area contributed by atoms with E-state index in [0.717, 1.165) is 24.9 Å². The molecule has 1 amide bonds. The predicted octanol–water partition coefficient (Wildman–Crippen LogP) is 1.94. The third-order valence-electron chi connectivity index (χ3n) is 4.56. The minimum Gasteiger partial charge on any atom is -0.396 e. The summed E-state index contributed by atoms with van der Waals surface area (Å²) in [6.45, 7) is 4.74. The molecule has 0 fully saturated rings. The fourth-order valence-corrected chi connectivity index (χ4v) is 2.63. The largest absolute Gasteiger partial charge is 0.396 e. The lowest BCUT2D eigenvalue weighted by Crippen LogP contribution is -2.45. The number of amides is 1. The molecule has 0 saturated heterocycles. The quantitative estimate of drug-likeness (QED) is 0.744. The maximum Gasteiger partial charge on any atom is 0.242 e. The molecule has 4 nitrogen and oxygen atoms in total. The van der Waals surface area contributed by atoms with Gasteiger partial charge in [-0.25, -0.2) is 0 Å². The van der Waals surface area contributed by atoms with Gasteiger partial charge in [0.25, 0.3) is 0 Å². The van der Waals surface area contributed by atoms with Gasteiger partial charge in [-0.15, -0.1) is 0 Å². The highest BCUT2D eigenvalue weighted by Gasteiger charge is 2.30. The van der Waals surface area contributed by atoms with Crippen molar-refractivity contribution in [3.8, 4) is 0 Å². The van der Waals surface area contributed by atoms with Crippen molar-refractivity contribution in [2.75, 3.05) is 18.5 Å². The number of carbonyl (C=O) groups excluding carboxylic acids is 1. The van der Waals surface area contributed by atoms with E-state index >= 15 is 0 Å². The molecule has 0 unspecified atom stereocenters. The van der Waals surface area contributed by atoms with Crippen LogP contribution < -0.4 is 10.6 Å². The fourth-order valence-electron chi connectivity index (χ4n) is 2.63. The second kappa shape index (κ2) is 6.27. The van der Waals surface area contributed by atoms with Crippen LogP contribution in [-0.2, 0) is 11.2 Å². The molecule has 0 bridgehead atoms. The number of para-hydroxylation sites is 1. The molecule has 1 aromatic rings. The third-order valence-corrected chi connectivity index (χ3v) is 4.56. The third kappa shape index (κ3) is 2.96. The Morgan fingerprint density at radius 2 is 2.10 bits per heavy atom. The van der Waals surface area contributed by atoms with Crippen molar-refractivity contribution in [2.24, 2.45) is 5.41 Å². The molecule has 0 radical (unpaired) electrons. The van der Waals surface area contributed by atoms with Gasteiger partial charge in [0.05, 0.1) is 6.61 Å². The molecule has 1 aromatic carbocycles. The molecule has 2 rings (SSSR count). The number of aliphatic hydroxyl groups excluding tert-OH is 1. The predicted molar refractivity (Wildman–Crippen MR) is 80.7 cm³/mol. The number of rotatable bonds is 6. The summed E-state index contributed by atoms with van der Waals surface area (Å²) in [7, 11) is 0. The maximum absolute atomic E-state index is 12.3. The van der Waals surface area contributed by atoms with Crippen LogP contribution in [0.2, 0.25) is 0 Å². The molecule has 1 atom stereocenters. The first-order chi connectivity index (χ1) is 9.64. The van der Waals surface area contributed by atoms with Crippen molar-refractivity contribution in [1.82, 2.24) is 5.32 Å². The van der Waals surface area contributed by atoms with E-state index in [9.17, 15) is 9.90 Å². The molecule has 0 saturated carbocycles. The van der Waals surface area contributed by atoms with Gasteiger partial charge in [0, 0.05) is 24.1 Å². The van der Waals surface area contributed by atoms with Crippen LogP contribution in [0.25, 0.3) is 0 Å². The van der Waals surface area contributed by atoms with Gasteiger partial charge in [0.15, 0.2) is 0 Å². The lowest BCUT2D eigenvalue weighted by atomic mass is 9.83. The average Bonchev–Trinajstić information content (AvgIpc) is 2.93. The fraction of sp³-hybridized carbons (Fsp3) is 0.562. The van der Waals surface area contributed by atoms with Crippen LogP contribution in [0.5, 0.6) is 0 Å². The zero-order chi connectivity index (χ0) is 14.6. The van der Waals surface area contributed by atoms with Gasteiger partial charge in [-0.05, 0) is 24.5 Å². The summed E-state index contributed by atoms with van der Waals surface area (Å²) < 4.78 is 0. The Hall–Kier alpha value is -1.55. The van der Waals surface area contributed by atoms with Crippen LogP contribution in [-0.4, -0.2) is 30.2 Å². The van der Waals surface area contributed by atoms with Crippen LogP contribution in [0.3, 0.4) is 0 Å². The van der Waals surface area contributed by atoms with Crippen LogP contribution in [0.1, 0.15) is 32.3 Å². The van der Waals surface area contributed by atoms with Crippen LogP contribution in [0.4, 0.5) is 5.69 Å². The van der Waals surface area contributed by atoms with Gasteiger partial charge >= 0.3 is 0 Å². The maximum atomic E-state index is 12.3. The average molecular weight is 276 g/mol. The van der Waals surface area contributed by atoms with Crippen LogP contribution in [0.15, 0.2) is 24.3 Å². The topological polar surface area (TPSA) is 61.4 Å². The SMILES string of the molecule is CCC(CC)(CO)CNC(=O)[C@@H]1Cc2ccccc2N1. The number of hydrogen-bond donors (Lipinski definition) is 3. The van der Waals surface area contributed by atoms with Gasteiger partial charge < -0.3 is 15.7 Å². The number of fused-ring (bicyclic) bond motifs is 1. The summed E-state index contributed by atoms with van der Waals surface area (Å²) >= 11 is 0. The monoisotopic (exact) mass is 276 g/mol. The zero-order valence-corrected chi connectivity index (χ0v) is 12.3. The number of benzene rings is 1. The Morgan fingerprint density at radius 1 is 1.40 bits per heavy atom. The van der Waals surface area contributed by atoms with Gasteiger partial charge in [0.2, 0.25) is 5.91 Å². The smallest absolute Gasteiger partial charge is 0.242 e. The van der Waals surface area contributed by atoms with E-state index in [1.165, 1.54) is 5.56 Å². The van der Waals surface area contributed by atoms with Crippen LogP contribution in [0, 0.1) is 5.41 Å². The molecule has 1 aliphatic heterocycles. The van der Waals surface area contributed by atoms with Gasteiger partial charge in [-0.2, -0.15) is 0 Å². The second-order valence-corrected chi connectivity index (χ2v) is 5.64. The number of carbonyl (C=O) groups is 1. The molecule has 4 heteroatoms. The van der Waals surface area contributed by atoms with E-state index in [1.807, 2.05) is 24.3 Å². The summed E-state index contributed by atoms with van der Waals surface area (Å²) in [6, 6.07) is 7.81. The Bertz CT molecular complexity index is 436. The highest BCUT2D eigenvalue weighted by molar-refractivity contribution is 5.87. The van der Waals surface area contributed by atoms with E-state index in [4.69, 9.17) is 0 Å². The highest BCUT2D eigenvalue weighted by Crippen LogP contribution is 2.26. The Kier molecular flexibility index (Phi) is 4.65. The summed E-state index contributed by atoms with van der Waals surface area (Å²) in [4.78, 5) is 12.3. The first-order valence-electron chi connectivity index (χ1n) is 7.37. The van der Waals surface area contributed by atoms with Gasteiger partial charge in [0.1, 0.15) is 6.04 Å². The van der Waals surface area contributed by atoms with E-state index in [0.29, 0.717) is 6.54 Å². The summed E-state index contributed by atoms with van der Waals surface area (Å²) in [6.07, 6.45) is 2.45. The van der Waals surface area contributed by atoms with E-state index in [2.05, 4.69) is 24.5 Å². The second-order valence-electron chi connectivity index (χ2n) is 5.64. The normalized spacial score (nSPS) is 17.4. The minimum absolute atomic E-state index is 0.0147. The molecule has 1 heterocycles. The molecule has 3 N–H and O–H groups in total. The number of nitrogens with one attached hydrogen (secondary N) is 2. The van der Waals surface area contributed by atoms with Crippen molar-refractivity contribution in [3.05, 3.63) is 29.8 Å². The van der Waals surface area contributed by atoms with Crippen molar-refractivity contribution in [2.45, 2.75) is 39.2 Å². The van der Waals surface area contributed by atoms with Gasteiger partial charge in [-0.1, -0.05) is 32.0 Å². The number of hydrogen-bond acceptors (Lipinski definition) is 3. The number of anilines is 1. The minimum atomic E-state index is -0.197. The van der Waals surface area contributed by atoms with E-state index < -0.39 is 0 Å². The molecule has 0 aliphatic carbocycles. The zero-order valence-electron chi connectivity index (χ0n) is 12.3. The van der Waals surface area contributed by atoms with E-state index in [-0.39, 0.29) is 24.0 Å². The van der Waals surface area contributed by atoms with E-state index in [1.54, 1.807) is 0 Å². The standard InChI is InChI=1S/C16H24N2O2/c1-3-16(4-2,11-19)10-17-15(20)14-9-12-7-5-6-8-13(12)18-14/h5-8,14,18-19H,3-4,9-11H2,1-2H3,(H,17,20)/t14-/m0/s1. The highest BCUT2D eigenvalue weighted by atomic mass is 16.3.